The summed E-state index contributed by atoms with van der Waals surface area (Å²) in [4.78, 5) is 51.4. The first-order valence-electron chi connectivity index (χ1n) is 32.9. The van der Waals surface area contributed by atoms with Crippen molar-refractivity contribution in [2.24, 2.45) is 0 Å². The van der Waals surface area contributed by atoms with Crippen LogP contribution in [0.25, 0.3) is 0 Å². The van der Waals surface area contributed by atoms with Crippen molar-refractivity contribution in [2.75, 3.05) is 13.2 Å². The van der Waals surface area contributed by atoms with Crippen LogP contribution in [0.5, 0.6) is 0 Å². The van der Waals surface area contributed by atoms with E-state index in [-0.39, 0.29) is 25.9 Å². The molecular weight excluding hydrogens is 1020 g/mol. The molecule has 6 unspecified atom stereocenters. The average Bonchev–Trinajstić information content (AvgIpc) is 3.53. The third kappa shape index (κ3) is 46.3. The van der Waals surface area contributed by atoms with Gasteiger partial charge in [0.25, 0.3) is 0 Å². The van der Waals surface area contributed by atoms with Crippen molar-refractivity contribution in [1.29, 1.82) is 0 Å². The van der Waals surface area contributed by atoms with Crippen molar-refractivity contribution in [3.8, 4) is 0 Å². The number of hydrogen-bond acceptors (Lipinski definition) is 11. The van der Waals surface area contributed by atoms with Crippen LogP contribution < -0.4 is 0 Å². The Morgan fingerprint density at radius 2 is 0.778 bits per heavy atom. The number of carboxylic acids is 1. The molecular formula is C69H118O12. The van der Waals surface area contributed by atoms with Gasteiger partial charge in [0, 0.05) is 19.3 Å². The molecule has 1 rings (SSSR count). The quantitative estimate of drug-likeness (QED) is 0.0228. The summed E-state index contributed by atoms with van der Waals surface area (Å²) in [5.74, 6) is -3.13. The molecule has 0 spiro atoms. The molecule has 0 aromatic carbocycles. The van der Waals surface area contributed by atoms with Crippen LogP contribution in [0.15, 0.2) is 72.9 Å². The second kappa shape index (κ2) is 56.6. The zero-order valence-electron chi connectivity index (χ0n) is 51.5. The summed E-state index contributed by atoms with van der Waals surface area (Å²) >= 11 is 0. The van der Waals surface area contributed by atoms with Crippen molar-refractivity contribution in [3.63, 3.8) is 0 Å². The second-order valence-corrected chi connectivity index (χ2v) is 22.4. The van der Waals surface area contributed by atoms with Crippen molar-refractivity contribution in [1.82, 2.24) is 0 Å². The highest BCUT2D eigenvalue weighted by atomic mass is 16.7. The minimum absolute atomic E-state index is 0.0447. The second-order valence-electron chi connectivity index (χ2n) is 22.4. The summed E-state index contributed by atoms with van der Waals surface area (Å²) in [6.45, 7) is 5.88. The minimum Gasteiger partial charge on any atom is -0.479 e. The molecule has 1 fully saturated rings. The molecule has 0 saturated carbocycles. The van der Waals surface area contributed by atoms with E-state index in [2.05, 4.69) is 93.7 Å². The van der Waals surface area contributed by atoms with Crippen LogP contribution in [-0.2, 0) is 42.9 Å². The zero-order chi connectivity index (χ0) is 58.9. The maximum atomic E-state index is 13.2. The molecule has 0 bridgehead atoms. The van der Waals surface area contributed by atoms with Crippen LogP contribution >= 0.6 is 0 Å². The molecule has 6 atom stereocenters. The van der Waals surface area contributed by atoms with Crippen LogP contribution in [0, 0.1) is 0 Å². The first-order valence-corrected chi connectivity index (χ1v) is 32.9. The predicted octanol–water partition coefficient (Wildman–Crippen LogP) is 17.7. The molecule has 1 saturated heterocycles. The van der Waals surface area contributed by atoms with Crippen LogP contribution in [-0.4, -0.2) is 89.2 Å². The number of carboxylic acid groups (broad SMARTS) is 1. The molecule has 1 aliphatic rings. The molecule has 0 aromatic heterocycles. The van der Waals surface area contributed by atoms with E-state index in [0.29, 0.717) is 19.3 Å². The number of carbonyl (C=O) groups is 4. The third-order valence-electron chi connectivity index (χ3n) is 14.8. The number of aliphatic hydroxyl groups is 2. The summed E-state index contributed by atoms with van der Waals surface area (Å²) in [5, 5.41) is 31.6. The van der Waals surface area contributed by atoms with Crippen molar-refractivity contribution < 1.29 is 58.2 Å². The van der Waals surface area contributed by atoms with Gasteiger partial charge in [0.1, 0.15) is 18.8 Å². The largest absolute Gasteiger partial charge is 0.479 e. The van der Waals surface area contributed by atoms with E-state index in [0.717, 1.165) is 122 Å². The van der Waals surface area contributed by atoms with Gasteiger partial charge in [0.15, 0.2) is 24.6 Å². The normalized spacial score (nSPS) is 18.2. The van der Waals surface area contributed by atoms with E-state index < -0.39 is 67.3 Å². The van der Waals surface area contributed by atoms with Crippen molar-refractivity contribution in [3.05, 3.63) is 72.9 Å². The smallest absolute Gasteiger partial charge is 0.335 e. The van der Waals surface area contributed by atoms with Crippen molar-refractivity contribution in [2.45, 2.75) is 327 Å². The molecule has 466 valence electrons. The minimum atomic E-state index is -1.91. The van der Waals surface area contributed by atoms with E-state index in [4.69, 9.17) is 23.7 Å². The fraction of sp³-hybridized carbons (Fsp3) is 0.768. The Bertz CT molecular complexity index is 1680. The number of hydrogen-bond donors (Lipinski definition) is 3. The predicted molar refractivity (Wildman–Crippen MR) is 331 cm³/mol. The maximum Gasteiger partial charge on any atom is 0.335 e. The lowest BCUT2D eigenvalue weighted by molar-refractivity contribution is -0.301. The van der Waals surface area contributed by atoms with E-state index in [9.17, 15) is 34.5 Å². The van der Waals surface area contributed by atoms with Gasteiger partial charge in [-0.2, -0.15) is 0 Å². The maximum absolute atomic E-state index is 13.2. The zero-order valence-corrected chi connectivity index (χ0v) is 51.5. The van der Waals surface area contributed by atoms with Gasteiger partial charge in [0.05, 0.1) is 6.61 Å². The van der Waals surface area contributed by atoms with E-state index in [1.54, 1.807) is 0 Å². The number of rotatable bonds is 56. The summed E-state index contributed by atoms with van der Waals surface area (Å²) in [7, 11) is 0. The molecule has 0 aliphatic carbocycles. The number of allylic oxidation sites excluding steroid dienone is 12. The molecule has 0 aromatic rings. The molecule has 1 aliphatic heterocycles. The molecule has 12 nitrogen and oxygen atoms in total. The standard InChI is InChI=1S/C69H118O12/c1-4-7-10-13-16-19-22-25-28-30-31-33-36-39-42-45-48-51-54-57-63(72)80-67-65(74)64(73)66(68(75)76)81-69(67)78-59-60(79-62(71)56-53-50-47-44-41-38-34-27-24-21-18-15-12-9-6-3)58-77-61(70)55-52-49-46-43-40-37-35-32-29-26-23-20-17-14-11-8-5-2/h8,11,16-17,19-20,25-26,28-29,31,33,60,64-67,69,73-74H,4-7,9-10,12-15,18,21-24,27,30,32,34-59H2,1-3H3,(H,75,76)/b11-8-,19-16-,20-17-,28-25-,29-26-,33-31-. The Morgan fingerprint density at radius 1 is 0.420 bits per heavy atom. The molecule has 12 heteroatoms. The lowest BCUT2D eigenvalue weighted by Crippen LogP contribution is -2.61. The fourth-order valence-corrected chi connectivity index (χ4v) is 9.74. The number of esters is 3. The Kier molecular flexibility index (Phi) is 52.6. The molecule has 0 amide bonds. The van der Waals surface area contributed by atoms with Gasteiger partial charge in [-0.25, -0.2) is 4.79 Å². The lowest BCUT2D eigenvalue weighted by atomic mass is 9.98. The van der Waals surface area contributed by atoms with Gasteiger partial charge in [-0.05, 0) is 89.9 Å². The summed E-state index contributed by atoms with van der Waals surface area (Å²) in [5.41, 5.74) is 0. The van der Waals surface area contributed by atoms with Crippen LogP contribution in [0.4, 0.5) is 0 Å². The van der Waals surface area contributed by atoms with E-state index >= 15 is 0 Å². The summed E-state index contributed by atoms with van der Waals surface area (Å²) in [6.07, 6.45) is 59.9. The van der Waals surface area contributed by atoms with E-state index in [1.807, 2.05) is 0 Å². The SMILES string of the molecule is CC/C=C\C/C=C\C/C=C\CCCCCCCCCC(=O)OCC(COC1OC(C(=O)O)C(O)C(O)C1OC(=O)CCCCCCCC/C=C\C/C=C\C/C=C\CCCCC)OC(=O)CCCCCCCCCCCCCCCCC. The highest BCUT2D eigenvalue weighted by Gasteiger charge is 2.50. The molecule has 1 heterocycles. The van der Waals surface area contributed by atoms with Gasteiger partial charge >= 0.3 is 23.9 Å². The monoisotopic (exact) mass is 1140 g/mol. The van der Waals surface area contributed by atoms with Crippen LogP contribution in [0.1, 0.15) is 290 Å². The van der Waals surface area contributed by atoms with Crippen LogP contribution in [0.3, 0.4) is 0 Å². The van der Waals surface area contributed by atoms with Gasteiger partial charge < -0.3 is 39.0 Å². The summed E-state index contributed by atoms with van der Waals surface area (Å²) in [6, 6.07) is 0. The first kappa shape index (κ1) is 75.2. The Labute approximate surface area is 493 Å². The van der Waals surface area contributed by atoms with Gasteiger partial charge in [-0.15, -0.1) is 0 Å². The Hall–Kier alpha value is -3.84. The Balaban J connectivity index is 2.66. The highest BCUT2D eigenvalue weighted by Crippen LogP contribution is 2.27. The van der Waals surface area contributed by atoms with Gasteiger partial charge in [0.2, 0.25) is 0 Å². The van der Waals surface area contributed by atoms with Crippen LogP contribution in [0.2, 0.25) is 0 Å². The molecule has 81 heavy (non-hydrogen) atoms. The highest BCUT2D eigenvalue weighted by molar-refractivity contribution is 5.74. The third-order valence-corrected chi connectivity index (χ3v) is 14.8. The number of carbonyl (C=O) groups excluding carboxylic acids is 3. The number of aliphatic hydroxyl groups excluding tert-OH is 2. The summed E-state index contributed by atoms with van der Waals surface area (Å²) < 4.78 is 28.5. The number of unbranched alkanes of at least 4 members (excludes halogenated alkanes) is 30. The molecule has 3 N–H and O–H groups in total. The molecule has 0 radical (unpaired) electrons. The van der Waals surface area contributed by atoms with Gasteiger partial charge in [-0.1, -0.05) is 254 Å². The first-order chi connectivity index (χ1) is 39.6. The lowest BCUT2D eigenvalue weighted by Gasteiger charge is -2.40. The Morgan fingerprint density at radius 3 is 1.21 bits per heavy atom. The van der Waals surface area contributed by atoms with Crippen molar-refractivity contribution >= 4 is 23.9 Å². The number of aliphatic carboxylic acids is 1. The van der Waals surface area contributed by atoms with E-state index in [1.165, 1.54) is 109 Å². The average molecular weight is 1140 g/mol. The van der Waals surface area contributed by atoms with Gasteiger partial charge in [-0.3, -0.25) is 14.4 Å². The topological polar surface area (TPSA) is 175 Å². The number of ether oxygens (including phenoxy) is 5. The fourth-order valence-electron chi connectivity index (χ4n) is 9.74.